The maximum absolute atomic E-state index is 4.15. The zero-order valence-corrected chi connectivity index (χ0v) is 13.8. The Bertz CT molecular complexity index is 385. The molecule has 1 N–H and O–H groups in total. The molecule has 0 spiro atoms. The van der Waals surface area contributed by atoms with Crippen LogP contribution in [0.3, 0.4) is 0 Å². The molecule has 1 fully saturated rings. The van der Waals surface area contributed by atoms with E-state index in [1.165, 1.54) is 31.4 Å². The van der Waals surface area contributed by atoms with Crippen LogP contribution in [0, 0.1) is 11.8 Å². The number of aromatic nitrogens is 3. The summed E-state index contributed by atoms with van der Waals surface area (Å²) >= 11 is 3.55. The van der Waals surface area contributed by atoms with Gasteiger partial charge in [-0.3, -0.25) is 0 Å². The molecule has 0 amide bonds. The van der Waals surface area contributed by atoms with Gasteiger partial charge in [-0.15, -0.1) is 5.10 Å². The van der Waals surface area contributed by atoms with Crippen molar-refractivity contribution in [2.45, 2.75) is 52.0 Å². The fourth-order valence-electron chi connectivity index (χ4n) is 3.24. The third-order valence-corrected chi connectivity index (χ3v) is 4.93. The van der Waals surface area contributed by atoms with Crippen LogP contribution in [0.2, 0.25) is 0 Å². The van der Waals surface area contributed by atoms with Gasteiger partial charge in [-0.2, -0.15) is 0 Å². The van der Waals surface area contributed by atoms with Crippen LogP contribution in [-0.4, -0.2) is 21.5 Å². The molecule has 1 aromatic heterocycles. The van der Waals surface area contributed by atoms with Gasteiger partial charge in [0.1, 0.15) is 0 Å². The maximum Gasteiger partial charge on any atom is 0.153 e. The Morgan fingerprint density at radius 3 is 2.74 bits per heavy atom. The van der Waals surface area contributed by atoms with Gasteiger partial charge >= 0.3 is 0 Å². The van der Waals surface area contributed by atoms with E-state index >= 15 is 0 Å². The molecule has 1 heterocycles. The largest absolute Gasteiger partial charge is 0.308 e. The molecule has 5 heteroatoms. The number of hydrogen-bond donors (Lipinski definition) is 1. The molecule has 0 radical (unpaired) electrons. The number of nitrogens with zero attached hydrogens (tertiary/aromatic N) is 3. The molecule has 1 saturated carbocycles. The molecule has 1 aliphatic rings. The van der Waals surface area contributed by atoms with E-state index < -0.39 is 0 Å². The van der Waals surface area contributed by atoms with Crippen molar-refractivity contribution in [2.24, 2.45) is 18.9 Å². The highest BCUT2D eigenvalue weighted by molar-refractivity contribution is 9.10. The van der Waals surface area contributed by atoms with Crippen molar-refractivity contribution >= 4 is 15.9 Å². The highest BCUT2D eigenvalue weighted by Crippen LogP contribution is 2.41. The number of nitrogens with one attached hydrogen (secondary N) is 1. The number of halogens is 1. The molecule has 1 aromatic rings. The standard InChI is InChI=1S/C14H25BrN4/c1-4-8-16-12(11-7-6-10(5-2)9-11)13-14(15)17-18-19(13)3/h10-12,16H,4-9H2,1-3H3. The molecular weight excluding hydrogens is 304 g/mol. The van der Waals surface area contributed by atoms with Crippen molar-refractivity contribution in [3.05, 3.63) is 10.3 Å². The third-order valence-electron chi connectivity index (χ3n) is 4.37. The molecule has 2 rings (SSSR count). The number of rotatable bonds is 6. The number of aryl methyl sites for hydroxylation is 1. The van der Waals surface area contributed by atoms with E-state index in [9.17, 15) is 0 Å². The minimum absolute atomic E-state index is 0.380. The van der Waals surface area contributed by atoms with E-state index in [2.05, 4.69) is 45.4 Å². The number of hydrogen-bond acceptors (Lipinski definition) is 3. The first-order valence-electron chi connectivity index (χ1n) is 7.45. The fourth-order valence-corrected chi connectivity index (χ4v) is 3.82. The average Bonchev–Trinajstić information content (AvgIpc) is 3.00. The molecule has 3 atom stereocenters. The lowest BCUT2D eigenvalue weighted by molar-refractivity contribution is 0.338. The van der Waals surface area contributed by atoms with Gasteiger partial charge < -0.3 is 5.32 Å². The van der Waals surface area contributed by atoms with Gasteiger partial charge in [0.05, 0.1) is 11.7 Å². The lowest BCUT2D eigenvalue weighted by atomic mass is 9.93. The SMILES string of the molecule is CCCNC(c1c(Br)nnn1C)C1CCC(CC)C1. The van der Waals surface area contributed by atoms with Gasteiger partial charge in [0, 0.05) is 7.05 Å². The Hall–Kier alpha value is -0.420. The summed E-state index contributed by atoms with van der Waals surface area (Å²) in [5, 5.41) is 12.0. The molecule has 0 aliphatic heterocycles. The second kappa shape index (κ2) is 6.84. The molecule has 1 aliphatic carbocycles. The summed E-state index contributed by atoms with van der Waals surface area (Å²) in [4.78, 5) is 0. The fraction of sp³-hybridized carbons (Fsp3) is 0.857. The average molecular weight is 329 g/mol. The van der Waals surface area contributed by atoms with E-state index in [0.29, 0.717) is 12.0 Å². The lowest BCUT2D eigenvalue weighted by Crippen LogP contribution is -2.30. The summed E-state index contributed by atoms with van der Waals surface area (Å²) in [7, 11) is 1.99. The van der Waals surface area contributed by atoms with E-state index in [0.717, 1.165) is 23.5 Å². The van der Waals surface area contributed by atoms with Gasteiger partial charge in [-0.05, 0) is 53.6 Å². The molecule has 4 nitrogen and oxygen atoms in total. The molecule has 0 bridgehead atoms. The van der Waals surface area contributed by atoms with Crippen LogP contribution in [0.5, 0.6) is 0 Å². The van der Waals surface area contributed by atoms with Crippen LogP contribution in [-0.2, 0) is 7.05 Å². The predicted molar refractivity (Wildman–Crippen MR) is 80.9 cm³/mol. The van der Waals surface area contributed by atoms with E-state index in [-0.39, 0.29) is 0 Å². The molecule has 108 valence electrons. The summed E-state index contributed by atoms with van der Waals surface area (Å²) < 4.78 is 2.81. The van der Waals surface area contributed by atoms with Crippen molar-refractivity contribution in [3.8, 4) is 0 Å². The van der Waals surface area contributed by atoms with E-state index in [1.54, 1.807) is 0 Å². The van der Waals surface area contributed by atoms with Gasteiger partial charge in [0.15, 0.2) is 4.60 Å². The summed E-state index contributed by atoms with van der Waals surface area (Å²) in [6, 6.07) is 0.380. The summed E-state index contributed by atoms with van der Waals surface area (Å²) in [5.74, 6) is 1.61. The van der Waals surface area contributed by atoms with Crippen molar-refractivity contribution in [2.75, 3.05) is 6.54 Å². The highest BCUT2D eigenvalue weighted by atomic mass is 79.9. The van der Waals surface area contributed by atoms with E-state index in [1.807, 2.05) is 11.7 Å². The quantitative estimate of drug-likeness (QED) is 0.869. The topological polar surface area (TPSA) is 42.7 Å². The predicted octanol–water partition coefficient (Wildman–Crippen LogP) is 3.44. The van der Waals surface area contributed by atoms with Gasteiger partial charge in [0.2, 0.25) is 0 Å². The van der Waals surface area contributed by atoms with Crippen LogP contribution < -0.4 is 5.32 Å². The Kier molecular flexibility index (Phi) is 5.39. The molecule has 3 unspecified atom stereocenters. The van der Waals surface area contributed by atoms with Crippen molar-refractivity contribution in [1.29, 1.82) is 0 Å². The van der Waals surface area contributed by atoms with Gasteiger partial charge in [0.25, 0.3) is 0 Å². The van der Waals surface area contributed by atoms with Crippen LogP contribution in [0.4, 0.5) is 0 Å². The summed E-state index contributed by atoms with van der Waals surface area (Å²) in [6.07, 6.45) is 6.48. The Balaban J connectivity index is 2.17. The van der Waals surface area contributed by atoms with Gasteiger partial charge in [-0.25, -0.2) is 4.68 Å². The smallest absolute Gasteiger partial charge is 0.153 e. The highest BCUT2D eigenvalue weighted by Gasteiger charge is 2.33. The summed E-state index contributed by atoms with van der Waals surface area (Å²) in [6.45, 7) is 5.57. The molecule has 19 heavy (non-hydrogen) atoms. The normalized spacial score (nSPS) is 24.8. The van der Waals surface area contributed by atoms with Crippen LogP contribution >= 0.6 is 15.9 Å². The van der Waals surface area contributed by atoms with Crippen LogP contribution in [0.15, 0.2) is 4.60 Å². The Labute approximate surface area is 124 Å². The second-order valence-electron chi connectivity index (χ2n) is 5.67. The summed E-state index contributed by atoms with van der Waals surface area (Å²) in [5.41, 5.74) is 1.20. The minimum Gasteiger partial charge on any atom is -0.308 e. The second-order valence-corrected chi connectivity index (χ2v) is 6.42. The molecule has 0 aromatic carbocycles. The van der Waals surface area contributed by atoms with Crippen molar-refractivity contribution < 1.29 is 0 Å². The van der Waals surface area contributed by atoms with Crippen molar-refractivity contribution in [1.82, 2.24) is 20.3 Å². The Morgan fingerprint density at radius 2 is 2.21 bits per heavy atom. The minimum atomic E-state index is 0.380. The maximum atomic E-state index is 4.15. The Morgan fingerprint density at radius 1 is 1.42 bits per heavy atom. The van der Waals surface area contributed by atoms with E-state index in [4.69, 9.17) is 0 Å². The third kappa shape index (κ3) is 3.37. The van der Waals surface area contributed by atoms with Crippen LogP contribution in [0.1, 0.15) is 57.7 Å². The molecule has 0 saturated heterocycles. The monoisotopic (exact) mass is 328 g/mol. The van der Waals surface area contributed by atoms with Crippen LogP contribution in [0.25, 0.3) is 0 Å². The van der Waals surface area contributed by atoms with Gasteiger partial charge in [-0.1, -0.05) is 31.9 Å². The van der Waals surface area contributed by atoms with Crippen molar-refractivity contribution in [3.63, 3.8) is 0 Å². The first kappa shape index (κ1) is 15.0. The lowest BCUT2D eigenvalue weighted by Gasteiger charge is -2.25. The molecular formula is C14H25BrN4. The zero-order valence-electron chi connectivity index (χ0n) is 12.2. The zero-order chi connectivity index (χ0) is 13.8. The first-order chi connectivity index (χ1) is 9.17. The first-order valence-corrected chi connectivity index (χ1v) is 8.25.